The predicted octanol–water partition coefficient (Wildman–Crippen LogP) is 12.2. The van der Waals surface area contributed by atoms with Gasteiger partial charge in [0.1, 0.15) is 0 Å². The molecule has 0 bridgehead atoms. The van der Waals surface area contributed by atoms with Gasteiger partial charge in [0, 0.05) is 0 Å². The third-order valence-corrected chi connectivity index (χ3v) is 9.42. The van der Waals surface area contributed by atoms with Crippen molar-refractivity contribution in [3.8, 4) is 11.1 Å². The fourth-order valence-corrected chi connectivity index (χ4v) is 6.90. The second-order valence-electron chi connectivity index (χ2n) is 12.5. The summed E-state index contributed by atoms with van der Waals surface area (Å²) in [4.78, 5) is 0. The Morgan fingerprint density at radius 3 is 1.70 bits per heavy atom. The van der Waals surface area contributed by atoms with E-state index in [0.29, 0.717) is 0 Å². The highest BCUT2D eigenvalue weighted by Crippen LogP contribution is 2.41. The highest BCUT2D eigenvalue weighted by Gasteiger charge is 2.23. The van der Waals surface area contributed by atoms with Crippen molar-refractivity contribution in [2.45, 2.75) is 142 Å². The molecule has 0 aliphatic heterocycles. The lowest BCUT2D eigenvalue weighted by Gasteiger charge is -2.18. The van der Waals surface area contributed by atoms with Crippen LogP contribution in [0.2, 0.25) is 0 Å². The zero-order valence-corrected chi connectivity index (χ0v) is 25.9. The summed E-state index contributed by atoms with van der Waals surface area (Å²) in [6.45, 7) is 4.71. The van der Waals surface area contributed by atoms with E-state index in [0.717, 1.165) is 19.3 Å². The zero-order chi connectivity index (χ0) is 27.8. The predicted molar refractivity (Wildman–Crippen MR) is 177 cm³/mol. The molecular formula is C40H56. The number of hydrogen-bond acceptors (Lipinski definition) is 0. The summed E-state index contributed by atoms with van der Waals surface area (Å²) in [7, 11) is 0. The third kappa shape index (κ3) is 9.36. The molecule has 0 heterocycles. The number of fused-ring (bicyclic) bond motifs is 3. The molecule has 0 aromatic heterocycles. The Morgan fingerprint density at radius 2 is 1.07 bits per heavy atom. The zero-order valence-electron chi connectivity index (χ0n) is 25.9. The number of benzene rings is 3. The summed E-state index contributed by atoms with van der Waals surface area (Å²) < 4.78 is 0. The number of rotatable bonds is 20. The maximum absolute atomic E-state index is 2.56. The topological polar surface area (TPSA) is 0 Å². The van der Waals surface area contributed by atoms with Crippen molar-refractivity contribution in [2.75, 3.05) is 0 Å². The van der Waals surface area contributed by atoms with Gasteiger partial charge < -0.3 is 0 Å². The van der Waals surface area contributed by atoms with Gasteiger partial charge in [-0.05, 0) is 83.5 Å². The summed E-state index contributed by atoms with van der Waals surface area (Å²) in [6, 6.07) is 22.7. The first-order valence-corrected chi connectivity index (χ1v) is 17.0. The van der Waals surface area contributed by atoms with Crippen LogP contribution in [0.4, 0.5) is 0 Å². The molecule has 1 aliphatic rings. The van der Waals surface area contributed by atoms with E-state index in [9.17, 15) is 0 Å². The first kappa shape index (κ1) is 30.6. The summed E-state index contributed by atoms with van der Waals surface area (Å²) in [6.07, 6.45) is 27.5. The number of unbranched alkanes of at least 4 members (excludes halogenated alkanes) is 15. The van der Waals surface area contributed by atoms with Crippen LogP contribution in [0, 0.1) is 6.92 Å². The van der Waals surface area contributed by atoms with E-state index >= 15 is 0 Å². The monoisotopic (exact) mass is 536 g/mol. The van der Waals surface area contributed by atoms with Gasteiger partial charge in [0.05, 0.1) is 0 Å². The average molecular weight is 537 g/mol. The fourth-order valence-electron chi connectivity index (χ4n) is 6.90. The van der Waals surface area contributed by atoms with Crippen molar-refractivity contribution in [2.24, 2.45) is 0 Å². The van der Waals surface area contributed by atoms with Gasteiger partial charge in [0.2, 0.25) is 0 Å². The summed E-state index contributed by atoms with van der Waals surface area (Å²) in [5.74, 6) is 0. The molecule has 216 valence electrons. The van der Waals surface area contributed by atoms with E-state index in [1.165, 1.54) is 131 Å². The van der Waals surface area contributed by atoms with Crippen LogP contribution in [0.25, 0.3) is 11.1 Å². The Bertz CT molecular complexity index is 1120. The summed E-state index contributed by atoms with van der Waals surface area (Å²) in [5, 5.41) is 0. The van der Waals surface area contributed by atoms with Crippen LogP contribution in [0.5, 0.6) is 0 Å². The molecular weight excluding hydrogens is 480 g/mol. The maximum Gasteiger partial charge on any atom is -0.00106 e. The van der Waals surface area contributed by atoms with E-state index in [2.05, 4.69) is 74.5 Å². The van der Waals surface area contributed by atoms with Crippen LogP contribution < -0.4 is 0 Å². The molecule has 0 fully saturated rings. The molecule has 40 heavy (non-hydrogen) atoms. The smallest absolute Gasteiger partial charge is 0.00106 e. The molecule has 0 saturated heterocycles. The Labute approximate surface area is 247 Å². The fraction of sp³-hybridized carbons (Fsp3) is 0.550. The van der Waals surface area contributed by atoms with Gasteiger partial charge in [-0.15, -0.1) is 0 Å². The number of hydrogen-bond donors (Lipinski definition) is 0. The van der Waals surface area contributed by atoms with Gasteiger partial charge >= 0.3 is 0 Å². The molecule has 0 amide bonds. The minimum absolute atomic E-state index is 1.11. The van der Waals surface area contributed by atoms with E-state index < -0.39 is 0 Å². The second-order valence-corrected chi connectivity index (χ2v) is 12.5. The van der Waals surface area contributed by atoms with Crippen LogP contribution in [-0.4, -0.2) is 0 Å². The first-order valence-electron chi connectivity index (χ1n) is 17.0. The molecule has 0 atom stereocenters. The van der Waals surface area contributed by atoms with Gasteiger partial charge in [-0.25, -0.2) is 0 Å². The largest absolute Gasteiger partial charge is 0.0654 e. The lowest BCUT2D eigenvalue weighted by molar-refractivity contribution is 0.529. The van der Waals surface area contributed by atoms with E-state index in [1.54, 1.807) is 22.3 Å². The molecule has 1 aliphatic carbocycles. The SMILES string of the molecule is CCCCCCCCCCCCCCCCCCc1cc2c(c(CCc3ccccc3)c1C)Cc1ccccc1-2. The molecule has 0 nitrogen and oxygen atoms in total. The van der Waals surface area contributed by atoms with E-state index in [4.69, 9.17) is 0 Å². The van der Waals surface area contributed by atoms with Crippen molar-refractivity contribution < 1.29 is 0 Å². The third-order valence-electron chi connectivity index (χ3n) is 9.42. The molecule has 4 rings (SSSR count). The highest BCUT2D eigenvalue weighted by molar-refractivity contribution is 5.79. The minimum Gasteiger partial charge on any atom is -0.0654 e. The molecule has 0 N–H and O–H groups in total. The van der Waals surface area contributed by atoms with Crippen molar-refractivity contribution in [3.05, 3.63) is 94.0 Å². The Balaban J connectivity index is 1.18. The van der Waals surface area contributed by atoms with Gasteiger partial charge in [-0.2, -0.15) is 0 Å². The Morgan fingerprint density at radius 1 is 0.525 bits per heavy atom. The highest BCUT2D eigenvalue weighted by atomic mass is 14.3. The molecule has 0 saturated carbocycles. The van der Waals surface area contributed by atoms with Crippen LogP contribution in [0.3, 0.4) is 0 Å². The van der Waals surface area contributed by atoms with E-state index in [1.807, 2.05) is 0 Å². The maximum atomic E-state index is 2.56. The number of aryl methyl sites for hydroxylation is 2. The lowest BCUT2D eigenvalue weighted by Crippen LogP contribution is -2.04. The van der Waals surface area contributed by atoms with Gasteiger partial charge in [0.15, 0.2) is 0 Å². The van der Waals surface area contributed by atoms with Crippen molar-refractivity contribution in [1.29, 1.82) is 0 Å². The van der Waals surface area contributed by atoms with Crippen LogP contribution >= 0.6 is 0 Å². The molecule has 0 spiro atoms. The minimum atomic E-state index is 1.11. The molecule has 3 aromatic carbocycles. The second kappa shape index (κ2) is 17.5. The van der Waals surface area contributed by atoms with Gasteiger partial charge in [0.25, 0.3) is 0 Å². The quantitative estimate of drug-likeness (QED) is 0.0985. The van der Waals surface area contributed by atoms with Crippen LogP contribution in [-0.2, 0) is 25.7 Å². The van der Waals surface area contributed by atoms with Crippen LogP contribution in [0.1, 0.15) is 143 Å². The Kier molecular flexibility index (Phi) is 13.4. The van der Waals surface area contributed by atoms with Gasteiger partial charge in [-0.1, -0.05) is 164 Å². The van der Waals surface area contributed by atoms with Crippen molar-refractivity contribution >= 4 is 0 Å². The van der Waals surface area contributed by atoms with Crippen LogP contribution in [0.15, 0.2) is 60.7 Å². The average Bonchev–Trinajstić information content (AvgIpc) is 3.35. The van der Waals surface area contributed by atoms with E-state index in [-0.39, 0.29) is 0 Å². The normalized spacial score (nSPS) is 12.1. The van der Waals surface area contributed by atoms with Gasteiger partial charge in [-0.3, -0.25) is 0 Å². The molecule has 0 heteroatoms. The Hall–Kier alpha value is -2.34. The summed E-state index contributed by atoms with van der Waals surface area (Å²) in [5.41, 5.74) is 12.4. The molecule has 0 radical (unpaired) electrons. The van der Waals surface area contributed by atoms with Crippen molar-refractivity contribution in [3.63, 3.8) is 0 Å². The first-order chi connectivity index (χ1) is 19.8. The molecule has 0 unspecified atom stereocenters. The summed E-state index contributed by atoms with van der Waals surface area (Å²) >= 11 is 0. The standard InChI is InChI=1S/C40H56/c1-3-4-5-6-7-8-9-10-11-12-13-14-15-16-17-21-26-35-31-40-38-28-23-22-27-36(38)32-39(40)37(33(35)2)30-29-34-24-19-18-20-25-34/h18-20,22-25,27-28,31H,3-17,21,26,29-30,32H2,1-2H3. The molecule has 3 aromatic rings. The van der Waals surface area contributed by atoms with Crippen molar-refractivity contribution in [1.82, 2.24) is 0 Å². The lowest BCUT2D eigenvalue weighted by atomic mass is 9.87.